The molecule has 0 fully saturated rings. The van der Waals surface area contributed by atoms with Gasteiger partial charge in [0.15, 0.2) is 5.76 Å². The minimum Gasteiger partial charge on any atom is -0.508 e. The number of aliphatic hydroxyl groups is 1. The van der Waals surface area contributed by atoms with E-state index in [9.17, 15) is 19.8 Å². The van der Waals surface area contributed by atoms with Crippen molar-refractivity contribution in [1.29, 1.82) is 0 Å². The molecule has 2 heterocycles. The lowest BCUT2D eigenvalue weighted by atomic mass is 9.94. The van der Waals surface area contributed by atoms with Gasteiger partial charge in [-0.25, -0.2) is 4.98 Å². The molecule has 1 aromatic heterocycles. The second-order valence-corrected chi connectivity index (χ2v) is 10.2. The van der Waals surface area contributed by atoms with E-state index >= 15 is 0 Å². The third kappa shape index (κ3) is 4.88. The van der Waals surface area contributed by atoms with Crippen LogP contribution in [0.1, 0.15) is 32.5 Å². The highest BCUT2D eigenvalue weighted by Gasteiger charge is 2.44. The molecule has 186 valence electrons. The maximum atomic E-state index is 13.9. The zero-order valence-corrected chi connectivity index (χ0v) is 21.5. The summed E-state index contributed by atoms with van der Waals surface area (Å²) in [5.41, 5.74) is 3.01. The van der Waals surface area contributed by atoms with E-state index in [-0.39, 0.29) is 17.9 Å². The number of nitrogens with zero attached hydrogens (tertiary/aromatic N) is 2. The number of hydrogen-bond acceptors (Lipinski definition) is 6. The topological polar surface area (TPSA) is 90.7 Å². The summed E-state index contributed by atoms with van der Waals surface area (Å²) in [6.07, 6.45) is 0.504. The Labute approximate surface area is 223 Å². The van der Waals surface area contributed by atoms with Gasteiger partial charge in [0.05, 0.1) is 22.2 Å². The quantitative estimate of drug-likeness (QED) is 0.274. The number of aromatic hydroxyl groups is 1. The number of halogens is 1. The van der Waals surface area contributed by atoms with Crippen LogP contribution < -0.4 is 0 Å². The molecule has 1 atom stereocenters. The Morgan fingerprint density at radius 2 is 1.68 bits per heavy atom. The summed E-state index contributed by atoms with van der Waals surface area (Å²) in [6, 6.07) is 22.4. The number of aliphatic hydroxyl groups excluding tert-OH is 1. The first-order valence-corrected chi connectivity index (χ1v) is 12.9. The molecule has 8 heteroatoms. The molecule has 1 amide bonds. The van der Waals surface area contributed by atoms with Crippen molar-refractivity contribution < 1.29 is 19.8 Å². The fraction of sp³-hybridized carbons (Fsp3) is 0.138. The number of hydrogen-bond donors (Lipinski definition) is 2. The summed E-state index contributed by atoms with van der Waals surface area (Å²) in [7, 11) is 0. The van der Waals surface area contributed by atoms with Gasteiger partial charge >= 0.3 is 0 Å². The molecule has 6 nitrogen and oxygen atoms in total. The molecule has 0 aliphatic carbocycles. The van der Waals surface area contributed by atoms with Crippen molar-refractivity contribution >= 4 is 34.6 Å². The molecule has 37 heavy (non-hydrogen) atoms. The molecule has 1 aliphatic heterocycles. The maximum Gasteiger partial charge on any atom is 0.290 e. The molecule has 5 rings (SSSR count). The molecule has 1 aliphatic rings. The lowest BCUT2D eigenvalue weighted by Gasteiger charge is -2.27. The van der Waals surface area contributed by atoms with Crippen LogP contribution in [0, 0.1) is 6.92 Å². The molecular weight excluding hydrogens is 508 g/mol. The molecular formula is C29H23ClN2O4S. The van der Waals surface area contributed by atoms with E-state index in [1.54, 1.807) is 31.2 Å². The smallest absolute Gasteiger partial charge is 0.290 e. The van der Waals surface area contributed by atoms with Crippen LogP contribution in [0.5, 0.6) is 5.75 Å². The summed E-state index contributed by atoms with van der Waals surface area (Å²) in [6.45, 7) is 2.02. The third-order valence-corrected chi connectivity index (χ3v) is 7.79. The average Bonchev–Trinajstić information content (AvgIpc) is 3.41. The number of Topliss-reactive ketones (excluding diaryl/α,β-unsaturated/α-hetero) is 1. The largest absolute Gasteiger partial charge is 0.508 e. The van der Waals surface area contributed by atoms with Crippen LogP contribution in [-0.4, -0.2) is 38.3 Å². The van der Waals surface area contributed by atoms with E-state index in [2.05, 4.69) is 4.98 Å². The van der Waals surface area contributed by atoms with Crippen LogP contribution in [0.2, 0.25) is 5.02 Å². The molecule has 2 N–H and O–H groups in total. The van der Waals surface area contributed by atoms with E-state index in [1.165, 1.54) is 28.4 Å². The number of aryl methyl sites for hydroxylation is 1. The summed E-state index contributed by atoms with van der Waals surface area (Å²) in [5.74, 6) is -1.54. The van der Waals surface area contributed by atoms with Gasteiger partial charge < -0.3 is 15.1 Å². The number of phenols is 1. The van der Waals surface area contributed by atoms with Crippen LogP contribution in [0.4, 0.5) is 0 Å². The van der Waals surface area contributed by atoms with E-state index in [0.717, 1.165) is 11.1 Å². The number of carbonyl (C=O) groups excluding carboxylic acids is 2. The highest BCUT2D eigenvalue weighted by atomic mass is 35.5. The Morgan fingerprint density at radius 3 is 2.35 bits per heavy atom. The summed E-state index contributed by atoms with van der Waals surface area (Å²) in [4.78, 5) is 33.6. The predicted octanol–water partition coefficient (Wildman–Crippen LogP) is 6.30. The fourth-order valence-corrected chi connectivity index (χ4v) is 5.61. The standard InChI is InChI=1S/C29H23ClN2O4S/c1-17-27(37-28(31-17)20-5-3-2-4-6-20)25(34)23-24(19-9-13-22(33)14-10-19)32(29(36)26(23)35)16-15-18-7-11-21(30)12-8-18/h2-14,24,33,35H,15-16H2,1H3. The zero-order valence-electron chi connectivity index (χ0n) is 19.9. The number of aromatic nitrogens is 1. The van der Waals surface area contributed by atoms with Gasteiger partial charge in [0.25, 0.3) is 5.91 Å². The highest BCUT2D eigenvalue weighted by Crippen LogP contribution is 2.41. The third-order valence-electron chi connectivity index (χ3n) is 6.34. The Morgan fingerprint density at radius 1 is 1.00 bits per heavy atom. The van der Waals surface area contributed by atoms with E-state index < -0.39 is 23.5 Å². The Balaban J connectivity index is 1.52. The Kier molecular flexibility index (Phi) is 6.82. The molecule has 3 aromatic carbocycles. The normalized spacial score (nSPS) is 15.5. The predicted molar refractivity (Wildman–Crippen MR) is 144 cm³/mol. The van der Waals surface area contributed by atoms with Gasteiger partial charge in [0, 0.05) is 17.1 Å². The summed E-state index contributed by atoms with van der Waals surface area (Å²) < 4.78 is 0. The maximum absolute atomic E-state index is 13.9. The first-order chi connectivity index (χ1) is 17.8. The van der Waals surface area contributed by atoms with Crippen LogP contribution in [-0.2, 0) is 11.2 Å². The molecule has 0 radical (unpaired) electrons. The lowest BCUT2D eigenvalue weighted by molar-refractivity contribution is -0.129. The van der Waals surface area contributed by atoms with E-state index in [1.807, 2.05) is 42.5 Å². The average molecular weight is 531 g/mol. The van der Waals surface area contributed by atoms with Crippen LogP contribution in [0.25, 0.3) is 10.6 Å². The van der Waals surface area contributed by atoms with Crippen molar-refractivity contribution in [2.75, 3.05) is 6.54 Å². The van der Waals surface area contributed by atoms with Crippen LogP contribution >= 0.6 is 22.9 Å². The van der Waals surface area contributed by atoms with Gasteiger partial charge in [-0.1, -0.05) is 66.2 Å². The Bertz CT molecular complexity index is 1500. The van der Waals surface area contributed by atoms with Crippen molar-refractivity contribution in [1.82, 2.24) is 9.88 Å². The van der Waals surface area contributed by atoms with E-state index in [0.29, 0.717) is 32.6 Å². The minimum absolute atomic E-state index is 0.0122. The van der Waals surface area contributed by atoms with Gasteiger partial charge in [-0.15, -0.1) is 11.3 Å². The molecule has 0 bridgehead atoms. The second-order valence-electron chi connectivity index (χ2n) is 8.76. The Hall–Kier alpha value is -3.94. The minimum atomic E-state index is -0.811. The number of thiazole rings is 1. The number of phenolic OH excluding ortho intramolecular Hbond substituents is 1. The molecule has 0 saturated carbocycles. The number of amides is 1. The van der Waals surface area contributed by atoms with Gasteiger partial charge in [0.1, 0.15) is 10.8 Å². The molecule has 4 aromatic rings. The van der Waals surface area contributed by atoms with Crippen molar-refractivity contribution in [2.24, 2.45) is 0 Å². The van der Waals surface area contributed by atoms with Gasteiger partial charge in [0.2, 0.25) is 5.78 Å². The second kappa shape index (κ2) is 10.2. The first kappa shape index (κ1) is 24.7. The van der Waals surface area contributed by atoms with Crippen molar-refractivity contribution in [3.05, 3.63) is 117 Å². The van der Waals surface area contributed by atoms with Crippen LogP contribution in [0.15, 0.2) is 90.2 Å². The van der Waals surface area contributed by atoms with Crippen molar-refractivity contribution in [3.63, 3.8) is 0 Å². The first-order valence-electron chi connectivity index (χ1n) is 11.7. The number of ketones is 1. The van der Waals surface area contributed by atoms with Gasteiger partial charge in [-0.05, 0) is 48.7 Å². The molecule has 1 unspecified atom stereocenters. The highest BCUT2D eigenvalue weighted by molar-refractivity contribution is 7.17. The zero-order chi connectivity index (χ0) is 26.1. The SMILES string of the molecule is Cc1nc(-c2ccccc2)sc1C(=O)C1=C(O)C(=O)N(CCc2ccc(Cl)cc2)C1c1ccc(O)cc1. The van der Waals surface area contributed by atoms with Crippen molar-refractivity contribution in [3.8, 4) is 16.3 Å². The van der Waals surface area contributed by atoms with Gasteiger partial charge in [-0.3, -0.25) is 9.59 Å². The molecule has 0 spiro atoms. The molecule has 0 saturated heterocycles. The number of carbonyl (C=O) groups is 2. The number of rotatable bonds is 7. The summed E-state index contributed by atoms with van der Waals surface area (Å²) in [5, 5.41) is 22.1. The van der Waals surface area contributed by atoms with Crippen LogP contribution in [0.3, 0.4) is 0 Å². The summed E-state index contributed by atoms with van der Waals surface area (Å²) >= 11 is 7.23. The van der Waals surface area contributed by atoms with E-state index in [4.69, 9.17) is 11.6 Å². The van der Waals surface area contributed by atoms with Crippen molar-refractivity contribution in [2.45, 2.75) is 19.4 Å². The fourth-order valence-electron chi connectivity index (χ4n) is 4.45. The number of benzene rings is 3. The lowest BCUT2D eigenvalue weighted by Crippen LogP contribution is -2.33. The monoisotopic (exact) mass is 530 g/mol. The van der Waals surface area contributed by atoms with Gasteiger partial charge in [-0.2, -0.15) is 0 Å².